The van der Waals surface area contributed by atoms with Crippen molar-refractivity contribution in [1.29, 1.82) is 0 Å². The maximum atomic E-state index is 3.83. The Bertz CT molecular complexity index is 623. The van der Waals surface area contributed by atoms with E-state index in [2.05, 4.69) is 35.4 Å². The normalized spacial score (nSPS) is 20.6. The molecule has 4 rings (SSSR count). The molecule has 2 nitrogen and oxygen atoms in total. The van der Waals surface area contributed by atoms with Crippen LogP contribution in [0.25, 0.3) is 10.9 Å². The number of benzene rings is 1. The van der Waals surface area contributed by atoms with Gasteiger partial charge in [-0.05, 0) is 43.9 Å². The number of fused-ring (bicyclic) bond motifs is 4. The lowest BCUT2D eigenvalue weighted by Gasteiger charge is -2.41. The van der Waals surface area contributed by atoms with Crippen molar-refractivity contribution >= 4 is 23.3 Å². The Balaban J connectivity index is 0.00000121. The lowest BCUT2D eigenvalue weighted by molar-refractivity contribution is 0.218. The minimum Gasteiger partial charge on any atom is -0.357 e. The van der Waals surface area contributed by atoms with E-state index in [1.807, 2.05) is 0 Å². The number of aromatic amines is 1. The minimum absolute atomic E-state index is 0. The number of aromatic nitrogens is 1. The summed E-state index contributed by atoms with van der Waals surface area (Å²) in [5.41, 5.74) is 6.02. The summed E-state index contributed by atoms with van der Waals surface area (Å²) in [6, 6.07) is 6.82. The van der Waals surface area contributed by atoms with E-state index >= 15 is 0 Å². The Morgan fingerprint density at radius 2 is 1.90 bits per heavy atom. The molecule has 0 radical (unpaired) electrons. The fourth-order valence-corrected chi connectivity index (χ4v) is 4.13. The minimum atomic E-state index is 0. The van der Waals surface area contributed by atoms with Crippen LogP contribution in [0.15, 0.2) is 18.2 Å². The van der Waals surface area contributed by atoms with E-state index in [-0.39, 0.29) is 17.9 Å². The second-order valence-corrected chi connectivity index (χ2v) is 6.35. The van der Waals surface area contributed by atoms with Gasteiger partial charge in [-0.1, -0.05) is 30.9 Å². The highest BCUT2D eigenvalue weighted by atomic mass is 35.5. The largest absolute Gasteiger partial charge is 0.357 e. The van der Waals surface area contributed by atoms with E-state index in [9.17, 15) is 0 Å². The first-order chi connectivity index (χ1) is 9.28. The second-order valence-electron chi connectivity index (χ2n) is 6.35. The maximum absolute atomic E-state index is 3.83. The van der Waals surface area contributed by atoms with Gasteiger partial charge in [0.15, 0.2) is 0 Å². The van der Waals surface area contributed by atoms with Crippen molar-refractivity contribution in [3.63, 3.8) is 0 Å². The summed E-state index contributed by atoms with van der Waals surface area (Å²) in [6.07, 6.45) is 7.89. The molecule has 0 unspecified atom stereocenters. The van der Waals surface area contributed by atoms with E-state index in [1.54, 1.807) is 5.56 Å². The maximum Gasteiger partial charge on any atom is 0.0589 e. The van der Waals surface area contributed by atoms with E-state index in [1.165, 1.54) is 60.7 Å². The molecule has 0 bridgehead atoms. The molecule has 108 valence electrons. The van der Waals surface area contributed by atoms with Gasteiger partial charge in [0.25, 0.3) is 0 Å². The van der Waals surface area contributed by atoms with E-state index < -0.39 is 0 Å². The van der Waals surface area contributed by atoms with Crippen molar-refractivity contribution in [3.8, 4) is 0 Å². The van der Waals surface area contributed by atoms with Crippen LogP contribution in [0.4, 0.5) is 0 Å². The standard InChI is InChI=1S/C17H22N2.ClH/c1-12-5-6-15-14(11-12)13-7-10-18-17(16(13)19-15)8-3-2-4-9-17;/h5-6,11,18-19H,2-4,7-10H2,1H3;1H. The summed E-state index contributed by atoms with van der Waals surface area (Å²) >= 11 is 0. The Morgan fingerprint density at radius 3 is 2.70 bits per heavy atom. The third-order valence-corrected chi connectivity index (χ3v) is 5.09. The molecule has 2 aromatic rings. The first-order valence-electron chi connectivity index (χ1n) is 7.65. The molecule has 0 atom stereocenters. The van der Waals surface area contributed by atoms with Gasteiger partial charge in [-0.3, -0.25) is 0 Å². The first-order valence-corrected chi connectivity index (χ1v) is 7.65. The van der Waals surface area contributed by atoms with Crippen LogP contribution in [-0.4, -0.2) is 11.5 Å². The molecule has 1 aliphatic heterocycles. The molecule has 3 heteroatoms. The van der Waals surface area contributed by atoms with Crippen LogP contribution >= 0.6 is 12.4 Å². The summed E-state index contributed by atoms with van der Waals surface area (Å²) in [6.45, 7) is 3.32. The number of halogens is 1. The number of hydrogen-bond donors (Lipinski definition) is 2. The zero-order valence-corrected chi connectivity index (χ0v) is 12.9. The Kier molecular flexibility index (Phi) is 3.55. The molecule has 2 N–H and O–H groups in total. The zero-order valence-electron chi connectivity index (χ0n) is 12.1. The van der Waals surface area contributed by atoms with Gasteiger partial charge in [-0.15, -0.1) is 12.4 Å². The van der Waals surface area contributed by atoms with Gasteiger partial charge in [-0.2, -0.15) is 0 Å². The van der Waals surface area contributed by atoms with Crippen LogP contribution in [0.2, 0.25) is 0 Å². The molecule has 1 spiro atoms. The fourth-order valence-electron chi connectivity index (χ4n) is 4.13. The lowest BCUT2D eigenvalue weighted by atomic mass is 9.75. The van der Waals surface area contributed by atoms with Crippen LogP contribution < -0.4 is 5.32 Å². The average Bonchev–Trinajstić information content (AvgIpc) is 2.80. The Hall–Kier alpha value is -0.990. The van der Waals surface area contributed by atoms with Gasteiger partial charge < -0.3 is 10.3 Å². The van der Waals surface area contributed by atoms with Crippen molar-refractivity contribution in [2.45, 2.75) is 51.0 Å². The number of H-pyrrole nitrogens is 1. The summed E-state index contributed by atoms with van der Waals surface area (Å²) in [4.78, 5) is 3.74. The van der Waals surface area contributed by atoms with Crippen LogP contribution in [0, 0.1) is 6.92 Å². The smallest absolute Gasteiger partial charge is 0.0589 e. The highest BCUT2D eigenvalue weighted by Crippen LogP contribution is 2.42. The van der Waals surface area contributed by atoms with Gasteiger partial charge in [0.1, 0.15) is 0 Å². The quantitative estimate of drug-likeness (QED) is 0.747. The van der Waals surface area contributed by atoms with Crippen molar-refractivity contribution in [2.24, 2.45) is 0 Å². The Morgan fingerprint density at radius 1 is 1.10 bits per heavy atom. The second kappa shape index (κ2) is 5.09. The monoisotopic (exact) mass is 290 g/mol. The van der Waals surface area contributed by atoms with Crippen molar-refractivity contribution < 1.29 is 0 Å². The zero-order chi connectivity index (χ0) is 12.9. The van der Waals surface area contributed by atoms with Crippen LogP contribution in [0.3, 0.4) is 0 Å². The van der Waals surface area contributed by atoms with E-state index in [0.29, 0.717) is 0 Å². The van der Waals surface area contributed by atoms with Gasteiger partial charge in [0.05, 0.1) is 5.54 Å². The predicted octanol–water partition coefficient (Wildman–Crippen LogP) is 4.20. The molecule has 20 heavy (non-hydrogen) atoms. The molecule has 0 amide bonds. The molecule has 1 aromatic heterocycles. The molecule has 1 aromatic carbocycles. The summed E-state index contributed by atoms with van der Waals surface area (Å²) in [5.74, 6) is 0. The molecule has 2 heterocycles. The third-order valence-electron chi connectivity index (χ3n) is 5.09. The van der Waals surface area contributed by atoms with Gasteiger partial charge in [-0.25, -0.2) is 0 Å². The Labute approximate surface area is 126 Å². The number of aryl methyl sites for hydroxylation is 1. The molecule has 2 aliphatic rings. The molecule has 1 fully saturated rings. The molecule has 1 aliphatic carbocycles. The third kappa shape index (κ3) is 1.97. The molecular formula is C17H23ClN2. The van der Waals surface area contributed by atoms with E-state index in [4.69, 9.17) is 0 Å². The topological polar surface area (TPSA) is 27.8 Å². The first kappa shape index (κ1) is 14.0. The molecule has 1 saturated carbocycles. The highest BCUT2D eigenvalue weighted by molar-refractivity contribution is 5.86. The van der Waals surface area contributed by atoms with Crippen LogP contribution in [0.5, 0.6) is 0 Å². The van der Waals surface area contributed by atoms with Gasteiger partial charge in [0, 0.05) is 23.1 Å². The van der Waals surface area contributed by atoms with Crippen molar-refractivity contribution in [2.75, 3.05) is 6.54 Å². The van der Waals surface area contributed by atoms with E-state index in [0.717, 1.165) is 6.54 Å². The summed E-state index contributed by atoms with van der Waals surface area (Å²) in [7, 11) is 0. The fraction of sp³-hybridized carbons (Fsp3) is 0.529. The van der Waals surface area contributed by atoms with Crippen LogP contribution in [0.1, 0.15) is 48.9 Å². The number of nitrogens with one attached hydrogen (secondary N) is 2. The molecule has 0 saturated heterocycles. The van der Waals surface area contributed by atoms with Gasteiger partial charge in [0.2, 0.25) is 0 Å². The van der Waals surface area contributed by atoms with Gasteiger partial charge >= 0.3 is 0 Å². The SMILES string of the molecule is Cc1ccc2[nH]c3c(c2c1)CCNC31CCCCC1.Cl. The molecular weight excluding hydrogens is 268 g/mol. The number of hydrogen-bond acceptors (Lipinski definition) is 1. The number of rotatable bonds is 0. The van der Waals surface area contributed by atoms with Crippen molar-refractivity contribution in [3.05, 3.63) is 35.0 Å². The average molecular weight is 291 g/mol. The van der Waals surface area contributed by atoms with Crippen LogP contribution in [-0.2, 0) is 12.0 Å². The summed E-state index contributed by atoms with van der Waals surface area (Å²) < 4.78 is 0. The predicted molar refractivity (Wildman–Crippen MR) is 86.8 cm³/mol. The highest BCUT2D eigenvalue weighted by Gasteiger charge is 2.39. The van der Waals surface area contributed by atoms with Crippen molar-refractivity contribution in [1.82, 2.24) is 10.3 Å². The lowest BCUT2D eigenvalue weighted by Crippen LogP contribution is -2.48. The summed E-state index contributed by atoms with van der Waals surface area (Å²) in [5, 5.41) is 5.29.